The summed E-state index contributed by atoms with van der Waals surface area (Å²) >= 11 is 3.35. The molecule has 1 aliphatic rings. The van der Waals surface area contributed by atoms with E-state index in [1.54, 1.807) is 42.5 Å². The fourth-order valence-corrected chi connectivity index (χ4v) is 3.36. The Balaban J connectivity index is 1.91. The Labute approximate surface area is 154 Å². The lowest BCUT2D eigenvalue weighted by Gasteiger charge is -2.28. The van der Waals surface area contributed by atoms with Crippen molar-refractivity contribution in [1.82, 2.24) is 4.90 Å². The minimum atomic E-state index is -0.883. The first-order valence-corrected chi connectivity index (χ1v) is 8.73. The fraction of sp³-hybridized carbons (Fsp3) is 0.211. The van der Waals surface area contributed by atoms with Gasteiger partial charge in [-0.2, -0.15) is 0 Å². The summed E-state index contributed by atoms with van der Waals surface area (Å²) in [5, 5.41) is 2.79. The summed E-state index contributed by atoms with van der Waals surface area (Å²) in [6.45, 7) is 3.63. The Morgan fingerprint density at radius 3 is 2.12 bits per heavy atom. The smallest absolute Gasteiger partial charge is 0.262 e. The maximum Gasteiger partial charge on any atom is 0.262 e. The zero-order valence-electron chi connectivity index (χ0n) is 13.8. The van der Waals surface area contributed by atoms with Gasteiger partial charge in [0.05, 0.1) is 11.1 Å². The monoisotopic (exact) mass is 400 g/mol. The van der Waals surface area contributed by atoms with E-state index in [1.165, 1.54) is 0 Å². The minimum Gasteiger partial charge on any atom is -0.324 e. The maximum atomic E-state index is 12.8. The molecule has 2 aromatic rings. The summed E-state index contributed by atoms with van der Waals surface area (Å²) in [5.41, 5.74) is 1.28. The third-order valence-electron chi connectivity index (χ3n) is 4.10. The van der Waals surface area contributed by atoms with Crippen LogP contribution in [-0.2, 0) is 4.79 Å². The molecule has 3 amide bonds. The van der Waals surface area contributed by atoms with Gasteiger partial charge in [0.2, 0.25) is 5.91 Å². The first-order chi connectivity index (χ1) is 11.9. The van der Waals surface area contributed by atoms with Gasteiger partial charge in [-0.25, -0.2) is 0 Å². The van der Waals surface area contributed by atoms with Gasteiger partial charge < -0.3 is 5.32 Å². The Hall–Kier alpha value is -2.47. The van der Waals surface area contributed by atoms with Crippen LogP contribution in [0.2, 0.25) is 0 Å². The number of carbonyl (C=O) groups excluding carboxylic acids is 3. The predicted octanol–water partition coefficient (Wildman–Crippen LogP) is 3.71. The highest BCUT2D eigenvalue weighted by Crippen LogP contribution is 2.28. The van der Waals surface area contributed by atoms with Crippen molar-refractivity contribution in [3.63, 3.8) is 0 Å². The van der Waals surface area contributed by atoms with Crippen LogP contribution in [0.15, 0.2) is 53.0 Å². The molecule has 0 radical (unpaired) electrons. The molecule has 0 bridgehead atoms. The van der Waals surface area contributed by atoms with Crippen molar-refractivity contribution in [3.05, 3.63) is 64.1 Å². The Bertz CT molecular complexity index is 828. The van der Waals surface area contributed by atoms with E-state index >= 15 is 0 Å². The molecule has 25 heavy (non-hydrogen) atoms. The molecule has 0 saturated heterocycles. The van der Waals surface area contributed by atoms with Crippen molar-refractivity contribution in [2.24, 2.45) is 5.92 Å². The van der Waals surface area contributed by atoms with Crippen molar-refractivity contribution < 1.29 is 14.4 Å². The molecular weight excluding hydrogens is 384 g/mol. The molecule has 1 atom stereocenters. The highest BCUT2D eigenvalue weighted by Gasteiger charge is 2.43. The van der Waals surface area contributed by atoms with Gasteiger partial charge >= 0.3 is 0 Å². The number of benzene rings is 2. The number of nitrogens with one attached hydrogen (secondary N) is 1. The van der Waals surface area contributed by atoms with E-state index in [-0.39, 0.29) is 11.8 Å². The molecule has 1 unspecified atom stereocenters. The third kappa shape index (κ3) is 3.22. The standard InChI is InChI=1S/C19H17BrN2O3/c1-11(2)16(17(23)21-13-7-5-6-12(20)10-13)22-18(24)14-8-3-4-9-15(14)19(22)25/h3-11,16H,1-2H3,(H,21,23). The first kappa shape index (κ1) is 17.4. The van der Waals surface area contributed by atoms with E-state index in [0.717, 1.165) is 9.37 Å². The molecule has 0 saturated carbocycles. The summed E-state index contributed by atoms with van der Waals surface area (Å²) in [5.74, 6) is -1.47. The van der Waals surface area contributed by atoms with Crippen LogP contribution in [0, 0.1) is 5.92 Å². The molecule has 1 N–H and O–H groups in total. The summed E-state index contributed by atoms with van der Waals surface area (Å²) in [6.07, 6.45) is 0. The van der Waals surface area contributed by atoms with Crippen molar-refractivity contribution in [2.75, 3.05) is 5.32 Å². The lowest BCUT2D eigenvalue weighted by molar-refractivity contribution is -0.121. The van der Waals surface area contributed by atoms with Crippen LogP contribution < -0.4 is 5.32 Å². The largest absolute Gasteiger partial charge is 0.324 e. The molecule has 0 spiro atoms. The Kier molecular flexibility index (Phi) is 4.72. The number of hydrogen-bond acceptors (Lipinski definition) is 3. The molecule has 1 heterocycles. The number of nitrogens with zero attached hydrogens (tertiary/aromatic N) is 1. The average Bonchev–Trinajstić information content (AvgIpc) is 2.80. The summed E-state index contributed by atoms with van der Waals surface area (Å²) in [6, 6.07) is 12.9. The molecule has 1 aliphatic heterocycles. The predicted molar refractivity (Wildman–Crippen MR) is 98.3 cm³/mol. The summed E-state index contributed by atoms with van der Waals surface area (Å²) in [7, 11) is 0. The lowest BCUT2D eigenvalue weighted by Crippen LogP contribution is -2.50. The van der Waals surface area contributed by atoms with Crippen LogP contribution in [-0.4, -0.2) is 28.7 Å². The normalized spacial score (nSPS) is 14.6. The topological polar surface area (TPSA) is 66.5 Å². The molecule has 0 aliphatic carbocycles. The highest BCUT2D eigenvalue weighted by atomic mass is 79.9. The fourth-order valence-electron chi connectivity index (χ4n) is 2.96. The highest BCUT2D eigenvalue weighted by molar-refractivity contribution is 9.10. The second-order valence-electron chi connectivity index (χ2n) is 6.21. The average molecular weight is 401 g/mol. The van der Waals surface area contributed by atoms with Gasteiger partial charge in [0.15, 0.2) is 0 Å². The van der Waals surface area contributed by atoms with Gasteiger partial charge in [0.1, 0.15) is 6.04 Å². The SMILES string of the molecule is CC(C)C(C(=O)Nc1cccc(Br)c1)N1C(=O)c2ccccc2C1=O. The van der Waals surface area contributed by atoms with Crippen molar-refractivity contribution in [2.45, 2.75) is 19.9 Å². The first-order valence-electron chi connectivity index (χ1n) is 7.93. The van der Waals surface area contributed by atoms with Crippen molar-refractivity contribution >= 4 is 39.3 Å². The van der Waals surface area contributed by atoms with Crippen LogP contribution >= 0.6 is 15.9 Å². The molecule has 0 aromatic heterocycles. The van der Waals surface area contributed by atoms with E-state index in [1.807, 2.05) is 19.9 Å². The molecule has 2 aromatic carbocycles. The number of anilines is 1. The van der Waals surface area contributed by atoms with Gasteiger partial charge in [-0.15, -0.1) is 0 Å². The number of hydrogen-bond donors (Lipinski definition) is 1. The zero-order valence-corrected chi connectivity index (χ0v) is 15.4. The molecule has 5 nitrogen and oxygen atoms in total. The van der Waals surface area contributed by atoms with Gasteiger partial charge in [-0.3, -0.25) is 19.3 Å². The molecule has 3 rings (SSSR count). The van der Waals surface area contributed by atoms with Gasteiger partial charge in [-0.05, 0) is 36.2 Å². The van der Waals surface area contributed by atoms with Crippen LogP contribution in [0.5, 0.6) is 0 Å². The van der Waals surface area contributed by atoms with E-state index in [2.05, 4.69) is 21.2 Å². The third-order valence-corrected chi connectivity index (χ3v) is 4.59. The van der Waals surface area contributed by atoms with Crippen molar-refractivity contribution in [3.8, 4) is 0 Å². The lowest BCUT2D eigenvalue weighted by atomic mass is 10.0. The van der Waals surface area contributed by atoms with Gasteiger partial charge in [0.25, 0.3) is 11.8 Å². The number of imide groups is 1. The van der Waals surface area contributed by atoms with Gasteiger partial charge in [0, 0.05) is 10.2 Å². The minimum absolute atomic E-state index is 0.227. The summed E-state index contributed by atoms with van der Waals surface area (Å²) < 4.78 is 0.826. The van der Waals surface area contributed by atoms with Crippen molar-refractivity contribution in [1.29, 1.82) is 0 Å². The van der Waals surface area contributed by atoms with Gasteiger partial charge in [-0.1, -0.05) is 48.0 Å². The molecule has 6 heteroatoms. The number of fused-ring (bicyclic) bond motifs is 1. The van der Waals surface area contributed by atoms with E-state index in [9.17, 15) is 14.4 Å². The molecule has 128 valence electrons. The molecular formula is C19H17BrN2O3. The zero-order chi connectivity index (χ0) is 18.1. The van der Waals surface area contributed by atoms with E-state index in [0.29, 0.717) is 16.8 Å². The number of carbonyl (C=O) groups is 3. The van der Waals surface area contributed by atoms with Crippen LogP contribution in [0.25, 0.3) is 0 Å². The second kappa shape index (κ2) is 6.80. The second-order valence-corrected chi connectivity index (χ2v) is 7.13. The number of rotatable bonds is 4. The number of halogens is 1. The summed E-state index contributed by atoms with van der Waals surface area (Å²) in [4.78, 5) is 39.3. The molecule has 0 fully saturated rings. The van der Waals surface area contributed by atoms with Crippen LogP contribution in [0.3, 0.4) is 0 Å². The number of amides is 3. The van der Waals surface area contributed by atoms with Crippen LogP contribution in [0.1, 0.15) is 34.6 Å². The van der Waals surface area contributed by atoms with E-state index in [4.69, 9.17) is 0 Å². The Morgan fingerprint density at radius 2 is 1.60 bits per heavy atom. The van der Waals surface area contributed by atoms with Crippen LogP contribution in [0.4, 0.5) is 5.69 Å². The Morgan fingerprint density at radius 1 is 1.00 bits per heavy atom. The van der Waals surface area contributed by atoms with E-state index < -0.39 is 17.9 Å². The quantitative estimate of drug-likeness (QED) is 0.795. The maximum absolute atomic E-state index is 12.8.